The summed E-state index contributed by atoms with van der Waals surface area (Å²) in [5.41, 5.74) is 5.76. The number of hydrogen-bond acceptors (Lipinski definition) is 6. The highest BCUT2D eigenvalue weighted by Gasteiger charge is 2.33. The normalized spacial score (nSPS) is 20.2. The standard InChI is InChI=1S/C18H39N3.C2H6O4S/c1-3-5-6-7-8-9-10-11-12-13-18-20(4-2)16-17-21(18)15-14-19;1-2-6-7(3,4)5/h18H,3-17,19H2,1-2H3;2H2,1H3,(H,3,4,5). The third-order valence-corrected chi connectivity index (χ3v) is 5.87. The summed E-state index contributed by atoms with van der Waals surface area (Å²) >= 11 is 0. The maximum Gasteiger partial charge on any atom is 0.217 e. The van der Waals surface area contributed by atoms with Crippen molar-refractivity contribution in [1.82, 2.24) is 4.90 Å². The molecule has 0 aromatic rings. The first-order valence-corrected chi connectivity index (χ1v) is 12.6. The minimum absolute atomic E-state index is 0.0914. The summed E-state index contributed by atoms with van der Waals surface area (Å²) in [5.74, 6) is 0. The lowest BCUT2D eigenvalue weighted by Gasteiger charge is -2.26. The van der Waals surface area contributed by atoms with Gasteiger partial charge in [-0.2, -0.15) is 0 Å². The van der Waals surface area contributed by atoms with Gasteiger partial charge in [0.2, 0.25) is 10.4 Å². The highest BCUT2D eigenvalue weighted by Crippen LogP contribution is 2.12. The van der Waals surface area contributed by atoms with E-state index < -0.39 is 10.4 Å². The lowest BCUT2D eigenvalue weighted by atomic mass is 10.1. The van der Waals surface area contributed by atoms with Crippen LogP contribution in [-0.4, -0.2) is 63.4 Å². The molecule has 8 heteroatoms. The Balaban J connectivity index is 0.000000887. The molecule has 2 atom stereocenters. The third-order valence-electron chi connectivity index (χ3n) is 5.35. The van der Waals surface area contributed by atoms with E-state index in [2.05, 4.69) is 22.9 Å². The number of likely N-dealkylation sites (N-methyl/N-ethyl adjacent to an activating group) is 1. The number of nitrogens with two attached hydrogens (primary N) is 1. The lowest BCUT2D eigenvalue weighted by molar-refractivity contribution is -0.917. The number of unbranched alkanes of at least 4 members (excludes halogenated alkanes) is 8. The molecule has 0 spiro atoms. The molecule has 0 saturated carbocycles. The van der Waals surface area contributed by atoms with Crippen molar-refractivity contribution >= 4 is 10.4 Å². The highest BCUT2D eigenvalue weighted by molar-refractivity contribution is 7.80. The van der Waals surface area contributed by atoms with Crippen LogP contribution in [0.1, 0.15) is 85.0 Å². The highest BCUT2D eigenvalue weighted by atomic mass is 32.3. The van der Waals surface area contributed by atoms with Gasteiger partial charge in [0.25, 0.3) is 0 Å². The molecule has 1 heterocycles. The molecule has 0 bridgehead atoms. The van der Waals surface area contributed by atoms with Crippen LogP contribution in [0.4, 0.5) is 0 Å². The molecule has 1 saturated heterocycles. The van der Waals surface area contributed by atoms with Gasteiger partial charge in [-0.15, -0.1) is 0 Å². The van der Waals surface area contributed by atoms with Crippen molar-refractivity contribution in [2.24, 2.45) is 5.73 Å². The molecular weight excluding hydrogens is 378 g/mol. The molecule has 1 fully saturated rings. The van der Waals surface area contributed by atoms with Gasteiger partial charge in [0.15, 0.2) is 0 Å². The topological polar surface area (TPSA) is 100 Å². The zero-order valence-electron chi connectivity index (χ0n) is 18.5. The number of nitrogens with one attached hydrogen (secondary N) is 1. The Bertz CT molecular complexity index is 449. The maximum absolute atomic E-state index is 9.45. The number of hydrogen-bond donors (Lipinski definition) is 2. The molecule has 170 valence electrons. The summed E-state index contributed by atoms with van der Waals surface area (Å²) in [5, 5.41) is 0. The molecule has 1 aliphatic heterocycles. The van der Waals surface area contributed by atoms with Gasteiger partial charge < -0.3 is 15.2 Å². The van der Waals surface area contributed by atoms with Gasteiger partial charge in [0.05, 0.1) is 26.2 Å². The van der Waals surface area contributed by atoms with Crippen molar-refractivity contribution in [1.29, 1.82) is 0 Å². The van der Waals surface area contributed by atoms with Crippen LogP contribution in [0, 0.1) is 0 Å². The van der Waals surface area contributed by atoms with E-state index in [0.29, 0.717) is 0 Å². The van der Waals surface area contributed by atoms with E-state index in [-0.39, 0.29) is 6.61 Å². The van der Waals surface area contributed by atoms with E-state index in [1.54, 1.807) is 4.90 Å². The summed E-state index contributed by atoms with van der Waals surface area (Å²) in [6.07, 6.45) is 15.0. The molecule has 2 unspecified atom stereocenters. The van der Waals surface area contributed by atoms with Crippen LogP contribution in [0.2, 0.25) is 0 Å². The predicted molar refractivity (Wildman–Crippen MR) is 114 cm³/mol. The van der Waals surface area contributed by atoms with E-state index in [9.17, 15) is 13.0 Å². The van der Waals surface area contributed by atoms with Crippen LogP contribution in [0.3, 0.4) is 0 Å². The van der Waals surface area contributed by atoms with Gasteiger partial charge in [-0.05, 0) is 13.3 Å². The van der Waals surface area contributed by atoms with Crippen LogP contribution >= 0.6 is 0 Å². The summed E-state index contributed by atoms with van der Waals surface area (Å²) < 4.78 is 32.0. The van der Waals surface area contributed by atoms with Gasteiger partial charge >= 0.3 is 0 Å². The smallest absolute Gasteiger partial charge is 0.217 e. The molecule has 1 rings (SSSR count). The van der Waals surface area contributed by atoms with E-state index >= 15 is 0 Å². The van der Waals surface area contributed by atoms with Crippen LogP contribution < -0.4 is 10.6 Å². The Labute approximate surface area is 173 Å². The number of nitrogens with zero attached hydrogens (tertiary/aromatic N) is 1. The number of rotatable bonds is 15. The average Bonchev–Trinajstić information content (AvgIpc) is 3.02. The van der Waals surface area contributed by atoms with Gasteiger partial charge in [0, 0.05) is 19.5 Å². The molecule has 0 aliphatic carbocycles. The van der Waals surface area contributed by atoms with E-state index in [1.165, 1.54) is 90.8 Å². The fourth-order valence-corrected chi connectivity index (χ4v) is 4.19. The molecule has 3 N–H and O–H groups in total. The van der Waals surface area contributed by atoms with Crippen LogP contribution in [0.5, 0.6) is 0 Å². The molecule has 28 heavy (non-hydrogen) atoms. The molecule has 1 aliphatic rings. The lowest BCUT2D eigenvalue weighted by Crippen LogP contribution is -3.15. The Kier molecular flexibility index (Phi) is 17.4. The monoisotopic (exact) mass is 423 g/mol. The van der Waals surface area contributed by atoms with Crippen molar-refractivity contribution < 1.29 is 22.1 Å². The zero-order chi connectivity index (χ0) is 21.3. The second-order valence-corrected chi connectivity index (χ2v) is 8.58. The van der Waals surface area contributed by atoms with Gasteiger partial charge in [-0.25, -0.2) is 13.3 Å². The molecule has 0 radical (unpaired) electrons. The van der Waals surface area contributed by atoms with Crippen LogP contribution in [0.15, 0.2) is 0 Å². The zero-order valence-corrected chi connectivity index (χ0v) is 19.3. The Hall–Kier alpha value is -0.250. The van der Waals surface area contributed by atoms with Crippen molar-refractivity contribution in [2.75, 3.05) is 39.3 Å². The van der Waals surface area contributed by atoms with Gasteiger partial charge in [-0.1, -0.05) is 65.2 Å². The minimum atomic E-state index is -4.42. The largest absolute Gasteiger partial charge is 0.726 e. The third kappa shape index (κ3) is 14.7. The van der Waals surface area contributed by atoms with Crippen molar-refractivity contribution in [3.63, 3.8) is 0 Å². The van der Waals surface area contributed by atoms with Crippen molar-refractivity contribution in [3.05, 3.63) is 0 Å². The van der Waals surface area contributed by atoms with E-state index in [0.717, 1.165) is 19.3 Å². The molecule has 7 nitrogen and oxygen atoms in total. The molecule has 0 aromatic carbocycles. The first-order chi connectivity index (χ1) is 13.4. The van der Waals surface area contributed by atoms with Crippen LogP contribution in [-0.2, 0) is 14.6 Å². The van der Waals surface area contributed by atoms with Crippen LogP contribution in [0.25, 0.3) is 0 Å². The summed E-state index contributed by atoms with van der Waals surface area (Å²) in [6.45, 7) is 11.7. The van der Waals surface area contributed by atoms with Crippen molar-refractivity contribution in [3.8, 4) is 0 Å². The minimum Gasteiger partial charge on any atom is -0.726 e. The maximum atomic E-state index is 9.45. The average molecular weight is 424 g/mol. The first-order valence-electron chi connectivity index (χ1n) is 11.3. The number of quaternary nitrogens is 1. The Morgan fingerprint density at radius 2 is 1.61 bits per heavy atom. The fourth-order valence-electron chi connectivity index (χ4n) is 3.90. The van der Waals surface area contributed by atoms with E-state index in [4.69, 9.17) is 5.73 Å². The Morgan fingerprint density at radius 3 is 2.04 bits per heavy atom. The second kappa shape index (κ2) is 17.6. The fraction of sp³-hybridized carbons (Fsp3) is 1.00. The molecular formula is C20H45N3O4S. The Morgan fingerprint density at radius 1 is 1.04 bits per heavy atom. The summed E-state index contributed by atoms with van der Waals surface area (Å²) in [4.78, 5) is 4.40. The summed E-state index contributed by atoms with van der Waals surface area (Å²) in [7, 11) is -4.42. The van der Waals surface area contributed by atoms with Gasteiger partial charge in [-0.3, -0.25) is 4.18 Å². The second-order valence-electron chi connectivity index (χ2n) is 7.52. The molecule has 0 amide bonds. The van der Waals surface area contributed by atoms with E-state index in [1.807, 2.05) is 0 Å². The molecule has 0 aromatic heterocycles. The predicted octanol–water partition coefficient (Wildman–Crippen LogP) is 1.90. The quantitative estimate of drug-likeness (QED) is 0.237. The summed E-state index contributed by atoms with van der Waals surface area (Å²) in [6, 6.07) is 0. The van der Waals surface area contributed by atoms with Gasteiger partial charge in [0.1, 0.15) is 6.17 Å². The van der Waals surface area contributed by atoms with Crippen molar-refractivity contribution in [2.45, 2.75) is 91.1 Å². The first kappa shape index (κ1) is 27.8. The SMILES string of the molecule is CCCCCCCCCCCC1N(CC)CC[NH+]1CCN.CCOS(=O)(=O)[O-].